The molecule has 0 unspecified atom stereocenters. The van der Waals surface area contributed by atoms with E-state index < -0.39 is 11.2 Å². The maximum absolute atomic E-state index is 10.6. The summed E-state index contributed by atoms with van der Waals surface area (Å²) in [5, 5.41) is 10.6. The Morgan fingerprint density at radius 2 is 2.13 bits per heavy atom. The summed E-state index contributed by atoms with van der Waals surface area (Å²) in [6.45, 7) is 1.76. The molecule has 6 heteroatoms. The fraction of sp³-hybridized carbons (Fsp3) is 0.333. The molecule has 0 aliphatic carbocycles. The van der Waals surface area contributed by atoms with Crippen LogP contribution in [0.2, 0.25) is 0 Å². The van der Waals surface area contributed by atoms with Gasteiger partial charge in [0.05, 0.1) is 9.82 Å². The van der Waals surface area contributed by atoms with Gasteiger partial charge in [-0.05, 0) is 13.0 Å². The van der Waals surface area contributed by atoms with Gasteiger partial charge in [0.1, 0.15) is 0 Å². The van der Waals surface area contributed by atoms with Crippen molar-refractivity contribution in [3.05, 3.63) is 33.9 Å². The monoisotopic (exact) mass is 227 g/mol. The van der Waals surface area contributed by atoms with E-state index in [1.807, 2.05) is 0 Å². The summed E-state index contributed by atoms with van der Waals surface area (Å²) in [5.74, 6) is 0. The molecule has 15 heavy (non-hydrogen) atoms. The van der Waals surface area contributed by atoms with E-state index in [1.165, 1.54) is 6.07 Å². The van der Waals surface area contributed by atoms with Crippen LogP contribution in [0.15, 0.2) is 23.1 Å². The zero-order valence-electron chi connectivity index (χ0n) is 7.91. The van der Waals surface area contributed by atoms with Gasteiger partial charge >= 0.3 is 0 Å². The highest BCUT2D eigenvalue weighted by molar-refractivity contribution is 7.80. The lowest BCUT2D eigenvalue weighted by molar-refractivity contribution is -0.391. The third-order valence-electron chi connectivity index (χ3n) is 2.10. The third-order valence-corrected chi connectivity index (χ3v) is 2.48. The van der Waals surface area contributed by atoms with Gasteiger partial charge < -0.3 is 9.47 Å². The molecule has 1 aliphatic rings. The Morgan fingerprint density at radius 1 is 1.47 bits per heavy atom. The summed E-state index contributed by atoms with van der Waals surface area (Å²) in [5.41, 5.74) is 0.597. The zero-order valence-corrected chi connectivity index (χ0v) is 8.81. The second-order valence-electron chi connectivity index (χ2n) is 3.18. The minimum absolute atomic E-state index is 0.0393. The van der Waals surface area contributed by atoms with E-state index in [0.717, 1.165) is 0 Å². The van der Waals surface area contributed by atoms with E-state index in [9.17, 15) is 10.1 Å². The highest BCUT2D eigenvalue weighted by Crippen LogP contribution is 2.34. The van der Waals surface area contributed by atoms with Gasteiger partial charge in [-0.3, -0.25) is 10.1 Å². The van der Waals surface area contributed by atoms with Crippen LogP contribution in [0.3, 0.4) is 0 Å². The van der Waals surface area contributed by atoms with Crippen molar-refractivity contribution in [1.29, 1.82) is 0 Å². The van der Waals surface area contributed by atoms with Gasteiger partial charge in [-0.15, -0.1) is 12.6 Å². The van der Waals surface area contributed by atoms with Crippen molar-refractivity contribution < 1.29 is 14.4 Å². The normalized spacial score (nSPS) is 24.7. The number of thiol groups is 1. The molecule has 1 heterocycles. The van der Waals surface area contributed by atoms with Crippen molar-refractivity contribution in [3.63, 3.8) is 0 Å². The first-order chi connectivity index (χ1) is 7.08. The lowest BCUT2D eigenvalue weighted by Crippen LogP contribution is -2.31. The van der Waals surface area contributed by atoms with Gasteiger partial charge in [0.25, 0.3) is 5.69 Å². The molecule has 5 nitrogen and oxygen atoms in total. The predicted molar refractivity (Wildman–Crippen MR) is 54.7 cm³/mol. The van der Waals surface area contributed by atoms with Crippen LogP contribution in [0.25, 0.3) is 0 Å². The largest absolute Gasteiger partial charge is 0.320 e. The molecule has 0 aromatic heterocycles. The highest BCUT2D eigenvalue weighted by atomic mass is 32.1. The van der Waals surface area contributed by atoms with Gasteiger partial charge in [0, 0.05) is 11.6 Å². The Hall–Kier alpha value is -1.11. The van der Waals surface area contributed by atoms with Crippen molar-refractivity contribution >= 4 is 18.3 Å². The maximum atomic E-state index is 10.6. The first-order valence-electron chi connectivity index (χ1n) is 4.36. The fourth-order valence-electron chi connectivity index (χ4n) is 1.35. The van der Waals surface area contributed by atoms with Gasteiger partial charge in [-0.25, -0.2) is 0 Å². The van der Waals surface area contributed by atoms with Crippen LogP contribution >= 0.6 is 12.6 Å². The second kappa shape index (κ2) is 3.80. The zero-order chi connectivity index (χ0) is 11.0. The van der Waals surface area contributed by atoms with Crippen LogP contribution in [0.5, 0.6) is 0 Å². The average Bonchev–Trinajstić information content (AvgIpc) is 2.14. The third kappa shape index (κ3) is 1.97. The number of benzene rings is 1. The molecule has 0 bridgehead atoms. The minimum Gasteiger partial charge on any atom is -0.320 e. The molecule has 1 aromatic rings. The van der Waals surface area contributed by atoms with Crippen LogP contribution in [-0.2, 0) is 9.47 Å². The number of nitro benzene ring substituents is 1. The Kier molecular flexibility index (Phi) is 2.64. The van der Waals surface area contributed by atoms with E-state index in [0.29, 0.717) is 10.5 Å². The van der Waals surface area contributed by atoms with Crippen LogP contribution in [0.4, 0.5) is 5.69 Å². The van der Waals surface area contributed by atoms with Gasteiger partial charge in [0.15, 0.2) is 12.6 Å². The van der Waals surface area contributed by atoms with E-state index in [1.54, 1.807) is 19.1 Å². The molecular weight excluding hydrogens is 218 g/mol. The lowest BCUT2D eigenvalue weighted by Gasteiger charge is -2.33. The molecule has 0 N–H and O–H groups in total. The number of ether oxygens (including phenoxy) is 2. The Labute approximate surface area is 91.6 Å². The Bertz CT molecular complexity index is 403. The molecular formula is C9H9NO4S. The fourth-order valence-corrected chi connectivity index (χ4v) is 1.57. The van der Waals surface area contributed by atoms with Crippen LogP contribution in [-0.4, -0.2) is 11.2 Å². The van der Waals surface area contributed by atoms with Gasteiger partial charge in [-0.2, -0.15) is 0 Å². The molecule has 0 saturated carbocycles. The standard InChI is InChI=1S/C9H9NO4S/c1-5-13-9(14-5)6-2-3-8(15)7(4-6)10(11)12/h2-5,9,15H,1H3. The molecule has 1 aromatic carbocycles. The summed E-state index contributed by atoms with van der Waals surface area (Å²) in [7, 11) is 0. The lowest BCUT2D eigenvalue weighted by atomic mass is 10.2. The Morgan fingerprint density at radius 3 is 2.67 bits per heavy atom. The molecule has 0 amide bonds. The number of hydrogen-bond donors (Lipinski definition) is 1. The SMILES string of the molecule is CC1OC(c2ccc(S)c([N+](=O)[O-])c2)O1. The molecule has 1 saturated heterocycles. The van der Waals surface area contributed by atoms with Crippen molar-refractivity contribution in [2.75, 3.05) is 0 Å². The molecule has 1 aliphatic heterocycles. The minimum atomic E-state index is -0.493. The number of rotatable bonds is 2. The maximum Gasteiger partial charge on any atom is 0.283 e. The number of nitro groups is 1. The van der Waals surface area contributed by atoms with Gasteiger partial charge in [-0.1, -0.05) is 6.07 Å². The summed E-state index contributed by atoms with van der Waals surface area (Å²) >= 11 is 3.99. The van der Waals surface area contributed by atoms with E-state index in [2.05, 4.69) is 12.6 Å². The number of nitrogens with zero attached hydrogens (tertiary/aromatic N) is 1. The van der Waals surface area contributed by atoms with Crippen LogP contribution in [0.1, 0.15) is 18.8 Å². The molecule has 1 fully saturated rings. The molecule has 80 valence electrons. The quantitative estimate of drug-likeness (QED) is 0.478. The van der Waals surface area contributed by atoms with Crippen LogP contribution in [0, 0.1) is 10.1 Å². The van der Waals surface area contributed by atoms with E-state index >= 15 is 0 Å². The van der Waals surface area contributed by atoms with E-state index in [-0.39, 0.29) is 12.0 Å². The molecule has 0 radical (unpaired) electrons. The molecule has 2 rings (SSSR count). The summed E-state index contributed by atoms with van der Waals surface area (Å²) in [4.78, 5) is 10.5. The second-order valence-corrected chi connectivity index (χ2v) is 3.66. The van der Waals surface area contributed by atoms with Crippen LogP contribution < -0.4 is 0 Å². The summed E-state index contributed by atoms with van der Waals surface area (Å²) < 4.78 is 10.5. The number of hydrogen-bond acceptors (Lipinski definition) is 5. The molecule has 0 spiro atoms. The van der Waals surface area contributed by atoms with Crippen molar-refractivity contribution in [1.82, 2.24) is 0 Å². The van der Waals surface area contributed by atoms with Crippen molar-refractivity contribution in [2.45, 2.75) is 24.4 Å². The van der Waals surface area contributed by atoms with Crippen molar-refractivity contribution in [2.24, 2.45) is 0 Å². The highest BCUT2D eigenvalue weighted by Gasteiger charge is 2.29. The summed E-state index contributed by atoms with van der Waals surface area (Å²) in [6, 6.07) is 4.68. The first kappa shape index (κ1) is 10.4. The Balaban J connectivity index is 2.27. The van der Waals surface area contributed by atoms with Gasteiger partial charge in [0.2, 0.25) is 0 Å². The smallest absolute Gasteiger partial charge is 0.283 e. The first-order valence-corrected chi connectivity index (χ1v) is 4.81. The van der Waals surface area contributed by atoms with E-state index in [4.69, 9.17) is 9.47 Å². The van der Waals surface area contributed by atoms with Crippen molar-refractivity contribution in [3.8, 4) is 0 Å². The molecule has 0 atom stereocenters. The average molecular weight is 227 g/mol. The predicted octanol–water partition coefficient (Wildman–Crippen LogP) is 2.27. The topological polar surface area (TPSA) is 61.6 Å². The summed E-state index contributed by atoms with van der Waals surface area (Å²) in [6.07, 6.45) is -0.739.